The van der Waals surface area contributed by atoms with Crippen LogP contribution in [0.25, 0.3) is 0 Å². The molecule has 76 valence electrons. The Balaban J connectivity index is 4.00. The van der Waals surface area contributed by atoms with Gasteiger partial charge in [0, 0.05) is 11.1 Å². The molecule has 0 spiro atoms. The van der Waals surface area contributed by atoms with Gasteiger partial charge in [-0.2, -0.15) is 0 Å². The summed E-state index contributed by atoms with van der Waals surface area (Å²) in [6, 6.07) is 0. The molecule has 0 aromatic heterocycles. The van der Waals surface area contributed by atoms with Gasteiger partial charge in [0.1, 0.15) is 0 Å². The van der Waals surface area contributed by atoms with Crippen LogP contribution in [0.3, 0.4) is 0 Å². The van der Waals surface area contributed by atoms with Crippen molar-refractivity contribution in [2.45, 2.75) is 45.1 Å². The van der Waals surface area contributed by atoms with Crippen molar-refractivity contribution in [3.8, 4) is 0 Å². The highest BCUT2D eigenvalue weighted by Crippen LogP contribution is 2.20. The number of hydrogen-bond donors (Lipinski definition) is 2. The van der Waals surface area contributed by atoms with E-state index < -0.39 is 5.91 Å². The summed E-state index contributed by atoms with van der Waals surface area (Å²) < 4.78 is 0. The first-order valence-corrected chi connectivity index (χ1v) is 4.71. The molecule has 0 radical (unpaired) electrons. The molecule has 0 fully saturated rings. The van der Waals surface area contributed by atoms with Crippen LogP contribution < -0.4 is 11.5 Å². The first-order chi connectivity index (χ1) is 5.95. The highest BCUT2D eigenvalue weighted by Gasteiger charge is 2.20. The average molecular weight is 184 g/mol. The Hall–Kier alpha value is -0.830. The first kappa shape index (κ1) is 12.2. The van der Waals surface area contributed by atoms with E-state index in [0.29, 0.717) is 12.0 Å². The smallest absolute Gasteiger partial charge is 0.244 e. The van der Waals surface area contributed by atoms with Crippen molar-refractivity contribution in [2.24, 2.45) is 11.5 Å². The van der Waals surface area contributed by atoms with Gasteiger partial charge in [-0.15, -0.1) is 0 Å². The minimum absolute atomic E-state index is 0.168. The Bertz CT molecular complexity index is 195. The van der Waals surface area contributed by atoms with Crippen LogP contribution in [0.2, 0.25) is 0 Å². The SMILES string of the molecule is C=C(CCC(N)(CC)CC)C(N)=O. The van der Waals surface area contributed by atoms with Gasteiger partial charge in [-0.05, 0) is 25.7 Å². The molecule has 0 saturated heterocycles. The van der Waals surface area contributed by atoms with Gasteiger partial charge < -0.3 is 11.5 Å². The van der Waals surface area contributed by atoms with Gasteiger partial charge in [-0.25, -0.2) is 0 Å². The summed E-state index contributed by atoms with van der Waals surface area (Å²) in [4.78, 5) is 10.7. The van der Waals surface area contributed by atoms with Gasteiger partial charge in [0.15, 0.2) is 0 Å². The van der Waals surface area contributed by atoms with E-state index in [-0.39, 0.29) is 5.54 Å². The molecule has 0 unspecified atom stereocenters. The molecule has 0 aromatic rings. The Morgan fingerprint density at radius 1 is 1.38 bits per heavy atom. The Kier molecular flexibility index (Phi) is 4.70. The summed E-state index contributed by atoms with van der Waals surface area (Å²) in [5.74, 6) is -0.422. The molecule has 13 heavy (non-hydrogen) atoms. The van der Waals surface area contributed by atoms with Gasteiger partial charge in [0.2, 0.25) is 5.91 Å². The predicted octanol–water partition coefficient (Wildman–Crippen LogP) is 1.33. The number of primary amides is 1. The summed E-state index contributed by atoms with van der Waals surface area (Å²) in [6.07, 6.45) is 3.21. The van der Waals surface area contributed by atoms with E-state index in [1.54, 1.807) is 0 Å². The molecule has 0 aliphatic rings. The maximum atomic E-state index is 10.7. The van der Waals surface area contributed by atoms with Crippen molar-refractivity contribution >= 4 is 5.91 Å². The summed E-state index contributed by atoms with van der Waals surface area (Å²) in [5.41, 5.74) is 11.4. The second kappa shape index (κ2) is 5.02. The number of carbonyl (C=O) groups excluding carboxylic acids is 1. The van der Waals surface area contributed by atoms with E-state index in [1.807, 2.05) is 0 Å². The van der Waals surface area contributed by atoms with Crippen molar-refractivity contribution in [1.82, 2.24) is 0 Å². The lowest BCUT2D eigenvalue weighted by atomic mass is 9.87. The zero-order chi connectivity index (χ0) is 10.5. The monoisotopic (exact) mass is 184 g/mol. The topological polar surface area (TPSA) is 69.1 Å². The molecule has 0 rings (SSSR count). The van der Waals surface area contributed by atoms with E-state index >= 15 is 0 Å². The van der Waals surface area contributed by atoms with E-state index in [1.165, 1.54) is 0 Å². The molecule has 3 nitrogen and oxygen atoms in total. The quantitative estimate of drug-likeness (QED) is 0.611. The number of amides is 1. The zero-order valence-corrected chi connectivity index (χ0v) is 8.60. The summed E-state index contributed by atoms with van der Waals surface area (Å²) >= 11 is 0. The average Bonchev–Trinajstić information content (AvgIpc) is 2.13. The van der Waals surface area contributed by atoms with Gasteiger partial charge in [-0.1, -0.05) is 20.4 Å². The van der Waals surface area contributed by atoms with E-state index in [0.717, 1.165) is 19.3 Å². The first-order valence-electron chi connectivity index (χ1n) is 4.71. The van der Waals surface area contributed by atoms with Crippen molar-refractivity contribution in [2.75, 3.05) is 0 Å². The predicted molar refractivity (Wildman–Crippen MR) is 55.1 cm³/mol. The van der Waals surface area contributed by atoms with Crippen LogP contribution in [-0.2, 0) is 4.79 Å². The van der Waals surface area contributed by atoms with Crippen molar-refractivity contribution in [1.29, 1.82) is 0 Å². The number of hydrogen-bond acceptors (Lipinski definition) is 2. The van der Waals surface area contributed by atoms with Crippen LogP contribution in [0.5, 0.6) is 0 Å². The minimum Gasteiger partial charge on any atom is -0.366 e. The number of nitrogens with two attached hydrogens (primary N) is 2. The van der Waals surface area contributed by atoms with Crippen LogP contribution in [0.1, 0.15) is 39.5 Å². The largest absolute Gasteiger partial charge is 0.366 e. The summed E-state index contributed by atoms with van der Waals surface area (Å²) in [6.45, 7) is 7.70. The van der Waals surface area contributed by atoms with Gasteiger partial charge in [-0.3, -0.25) is 4.79 Å². The van der Waals surface area contributed by atoms with Crippen LogP contribution >= 0.6 is 0 Å². The normalized spacial score (nSPS) is 11.3. The Morgan fingerprint density at radius 3 is 2.15 bits per heavy atom. The molecular formula is C10H20N2O. The zero-order valence-electron chi connectivity index (χ0n) is 8.60. The molecule has 0 atom stereocenters. The molecule has 0 bridgehead atoms. The van der Waals surface area contributed by atoms with E-state index in [2.05, 4.69) is 20.4 Å². The third-order valence-corrected chi connectivity index (χ3v) is 2.68. The highest BCUT2D eigenvalue weighted by atomic mass is 16.1. The molecule has 0 aromatic carbocycles. The Labute approximate surface area is 80.2 Å². The maximum absolute atomic E-state index is 10.7. The lowest BCUT2D eigenvalue weighted by Crippen LogP contribution is -2.38. The van der Waals surface area contributed by atoms with Crippen LogP contribution in [0.15, 0.2) is 12.2 Å². The van der Waals surface area contributed by atoms with Crippen LogP contribution in [0, 0.1) is 0 Å². The van der Waals surface area contributed by atoms with Crippen LogP contribution in [-0.4, -0.2) is 11.4 Å². The van der Waals surface area contributed by atoms with Crippen LogP contribution in [0.4, 0.5) is 0 Å². The molecule has 0 saturated carbocycles. The molecule has 0 aliphatic carbocycles. The molecule has 0 aliphatic heterocycles. The highest BCUT2D eigenvalue weighted by molar-refractivity contribution is 5.91. The third-order valence-electron chi connectivity index (χ3n) is 2.68. The standard InChI is InChI=1S/C10H20N2O/c1-4-10(12,5-2)7-6-8(3)9(11)13/h3-7,12H2,1-2H3,(H2,11,13). The van der Waals surface area contributed by atoms with Gasteiger partial charge in [0.25, 0.3) is 0 Å². The molecule has 3 heteroatoms. The van der Waals surface area contributed by atoms with Crippen molar-refractivity contribution in [3.63, 3.8) is 0 Å². The second-order valence-electron chi connectivity index (χ2n) is 3.54. The minimum atomic E-state index is -0.422. The number of rotatable bonds is 6. The van der Waals surface area contributed by atoms with Gasteiger partial charge in [0.05, 0.1) is 0 Å². The molecule has 1 amide bonds. The van der Waals surface area contributed by atoms with E-state index in [4.69, 9.17) is 11.5 Å². The van der Waals surface area contributed by atoms with E-state index in [9.17, 15) is 4.79 Å². The van der Waals surface area contributed by atoms with Crippen molar-refractivity contribution < 1.29 is 4.79 Å². The lowest BCUT2D eigenvalue weighted by Gasteiger charge is -2.26. The van der Waals surface area contributed by atoms with Gasteiger partial charge >= 0.3 is 0 Å². The van der Waals surface area contributed by atoms with Crippen molar-refractivity contribution in [3.05, 3.63) is 12.2 Å². The Morgan fingerprint density at radius 2 is 1.85 bits per heavy atom. The lowest BCUT2D eigenvalue weighted by molar-refractivity contribution is -0.114. The second-order valence-corrected chi connectivity index (χ2v) is 3.54. The fourth-order valence-corrected chi connectivity index (χ4v) is 1.13. The maximum Gasteiger partial charge on any atom is 0.244 e. The molecular weight excluding hydrogens is 164 g/mol. The fourth-order valence-electron chi connectivity index (χ4n) is 1.13. The summed E-state index contributed by atoms with van der Waals surface area (Å²) in [7, 11) is 0. The molecule has 4 N–H and O–H groups in total. The summed E-state index contributed by atoms with van der Waals surface area (Å²) in [5, 5.41) is 0. The fraction of sp³-hybridized carbons (Fsp3) is 0.700. The third kappa shape index (κ3) is 4.08. The number of carbonyl (C=O) groups is 1. The molecule has 0 heterocycles.